The first-order valence-corrected chi connectivity index (χ1v) is 5.90. The van der Waals surface area contributed by atoms with Crippen molar-refractivity contribution in [1.29, 1.82) is 0 Å². The van der Waals surface area contributed by atoms with Crippen molar-refractivity contribution in [3.63, 3.8) is 0 Å². The maximum absolute atomic E-state index is 12.1. The molecule has 0 saturated carbocycles. The number of hydrogen-bond acceptors (Lipinski definition) is 3. The number of hydrogen-bond donors (Lipinski definition) is 0. The van der Waals surface area contributed by atoms with E-state index in [4.69, 9.17) is 4.74 Å². The van der Waals surface area contributed by atoms with E-state index in [1.807, 2.05) is 6.92 Å². The largest absolute Gasteiger partial charge is 0.370 e. The van der Waals surface area contributed by atoms with Gasteiger partial charge in [0.15, 0.2) is 0 Å². The summed E-state index contributed by atoms with van der Waals surface area (Å²) in [7, 11) is 0. The van der Waals surface area contributed by atoms with Gasteiger partial charge in [-0.2, -0.15) is 5.10 Å². The van der Waals surface area contributed by atoms with Gasteiger partial charge in [0.1, 0.15) is 11.8 Å². The SMILES string of the molecule is CCn1ncc(Br)c1C(=O)C1CCCO1. The Morgan fingerprint density at radius 1 is 1.80 bits per heavy atom. The van der Waals surface area contributed by atoms with Crippen LogP contribution >= 0.6 is 15.9 Å². The first-order chi connectivity index (χ1) is 7.24. The molecule has 1 aliphatic rings. The summed E-state index contributed by atoms with van der Waals surface area (Å²) in [6.07, 6.45) is 3.17. The Bertz CT molecular complexity index is 369. The van der Waals surface area contributed by atoms with E-state index in [1.165, 1.54) is 0 Å². The van der Waals surface area contributed by atoms with Gasteiger partial charge >= 0.3 is 0 Å². The van der Waals surface area contributed by atoms with E-state index in [2.05, 4.69) is 21.0 Å². The molecule has 1 atom stereocenters. The van der Waals surface area contributed by atoms with Gasteiger partial charge in [0, 0.05) is 13.2 Å². The first kappa shape index (κ1) is 10.8. The molecule has 2 heterocycles. The summed E-state index contributed by atoms with van der Waals surface area (Å²) in [5.41, 5.74) is 0.629. The number of carbonyl (C=O) groups excluding carboxylic acids is 1. The van der Waals surface area contributed by atoms with Crippen LogP contribution in [0.15, 0.2) is 10.7 Å². The van der Waals surface area contributed by atoms with E-state index >= 15 is 0 Å². The highest BCUT2D eigenvalue weighted by Gasteiger charge is 2.28. The fourth-order valence-corrected chi connectivity index (χ4v) is 2.28. The zero-order chi connectivity index (χ0) is 10.8. The number of aryl methyl sites for hydroxylation is 1. The third-order valence-electron chi connectivity index (χ3n) is 2.55. The Morgan fingerprint density at radius 2 is 2.60 bits per heavy atom. The van der Waals surface area contributed by atoms with Crippen LogP contribution in [0.2, 0.25) is 0 Å². The molecule has 1 aromatic rings. The van der Waals surface area contributed by atoms with E-state index in [0.717, 1.165) is 17.3 Å². The molecule has 0 radical (unpaired) electrons. The topological polar surface area (TPSA) is 44.1 Å². The molecule has 5 heteroatoms. The lowest BCUT2D eigenvalue weighted by Crippen LogP contribution is -2.23. The molecule has 2 rings (SSSR count). The summed E-state index contributed by atoms with van der Waals surface area (Å²) >= 11 is 3.35. The lowest BCUT2D eigenvalue weighted by atomic mass is 10.1. The molecule has 0 N–H and O–H groups in total. The number of nitrogens with zero attached hydrogens (tertiary/aromatic N) is 2. The van der Waals surface area contributed by atoms with E-state index in [9.17, 15) is 4.79 Å². The van der Waals surface area contributed by atoms with Crippen molar-refractivity contribution in [2.45, 2.75) is 32.4 Å². The quantitative estimate of drug-likeness (QED) is 0.791. The molecule has 0 amide bonds. The Kier molecular flexibility index (Phi) is 3.21. The molecule has 4 nitrogen and oxygen atoms in total. The molecule has 0 spiro atoms. The zero-order valence-corrected chi connectivity index (χ0v) is 10.2. The van der Waals surface area contributed by atoms with Gasteiger partial charge in [0.05, 0.1) is 10.7 Å². The Labute approximate surface area is 96.7 Å². The molecule has 1 aromatic heterocycles. The molecule has 0 aliphatic carbocycles. The van der Waals surface area contributed by atoms with E-state index in [0.29, 0.717) is 18.8 Å². The van der Waals surface area contributed by atoms with Crippen LogP contribution in [0.3, 0.4) is 0 Å². The van der Waals surface area contributed by atoms with Crippen LogP contribution in [0.5, 0.6) is 0 Å². The van der Waals surface area contributed by atoms with Crippen molar-refractivity contribution in [3.05, 3.63) is 16.4 Å². The summed E-state index contributed by atoms with van der Waals surface area (Å²) in [6, 6.07) is 0. The van der Waals surface area contributed by atoms with Crippen molar-refractivity contribution in [2.75, 3.05) is 6.61 Å². The number of Topliss-reactive ketones (excluding diaryl/α,β-unsaturated/α-hetero) is 1. The highest BCUT2D eigenvalue weighted by atomic mass is 79.9. The number of carbonyl (C=O) groups is 1. The summed E-state index contributed by atoms with van der Waals surface area (Å²) in [6.45, 7) is 3.35. The van der Waals surface area contributed by atoms with Crippen molar-refractivity contribution < 1.29 is 9.53 Å². The fraction of sp³-hybridized carbons (Fsp3) is 0.600. The normalized spacial score (nSPS) is 20.8. The van der Waals surface area contributed by atoms with Gasteiger partial charge in [-0.25, -0.2) is 0 Å². The highest BCUT2D eigenvalue weighted by Crippen LogP contribution is 2.22. The summed E-state index contributed by atoms with van der Waals surface area (Å²) in [5, 5.41) is 4.12. The average molecular weight is 273 g/mol. The number of aromatic nitrogens is 2. The second-order valence-electron chi connectivity index (χ2n) is 3.52. The maximum Gasteiger partial charge on any atom is 0.210 e. The minimum atomic E-state index is -0.275. The monoisotopic (exact) mass is 272 g/mol. The third kappa shape index (κ3) is 1.99. The van der Waals surface area contributed by atoms with E-state index in [1.54, 1.807) is 10.9 Å². The third-order valence-corrected chi connectivity index (χ3v) is 3.13. The van der Waals surface area contributed by atoms with Crippen molar-refractivity contribution >= 4 is 21.7 Å². The zero-order valence-electron chi connectivity index (χ0n) is 8.57. The number of ether oxygens (including phenoxy) is 1. The molecular formula is C10H13BrN2O2. The predicted octanol–water partition coefficient (Wildman–Crippen LogP) is 2.03. The van der Waals surface area contributed by atoms with Crippen LogP contribution in [0.25, 0.3) is 0 Å². The van der Waals surface area contributed by atoms with Gasteiger partial charge in [-0.3, -0.25) is 9.48 Å². The molecular weight excluding hydrogens is 260 g/mol. The Morgan fingerprint density at radius 3 is 3.20 bits per heavy atom. The maximum atomic E-state index is 12.1. The minimum absolute atomic E-state index is 0.0405. The Balaban J connectivity index is 2.27. The van der Waals surface area contributed by atoms with Gasteiger partial charge in [0.25, 0.3) is 0 Å². The second kappa shape index (κ2) is 4.45. The van der Waals surface area contributed by atoms with Gasteiger partial charge in [-0.05, 0) is 35.7 Å². The lowest BCUT2D eigenvalue weighted by Gasteiger charge is -2.09. The van der Waals surface area contributed by atoms with Crippen LogP contribution in [-0.4, -0.2) is 28.3 Å². The molecule has 15 heavy (non-hydrogen) atoms. The summed E-state index contributed by atoms with van der Waals surface area (Å²) in [5.74, 6) is 0.0405. The van der Waals surface area contributed by atoms with Crippen LogP contribution in [0.4, 0.5) is 0 Å². The average Bonchev–Trinajstić information content (AvgIpc) is 2.85. The van der Waals surface area contributed by atoms with E-state index in [-0.39, 0.29) is 11.9 Å². The molecule has 1 fully saturated rings. The second-order valence-corrected chi connectivity index (χ2v) is 4.38. The van der Waals surface area contributed by atoms with Crippen molar-refractivity contribution in [3.8, 4) is 0 Å². The standard InChI is InChI=1S/C10H13BrN2O2/c1-2-13-9(7(11)6-12-13)10(14)8-4-3-5-15-8/h6,8H,2-5H2,1H3. The Hall–Kier alpha value is -0.680. The van der Waals surface area contributed by atoms with Crippen LogP contribution in [0, 0.1) is 0 Å². The molecule has 0 bridgehead atoms. The van der Waals surface area contributed by atoms with E-state index < -0.39 is 0 Å². The number of ketones is 1. The van der Waals surface area contributed by atoms with Gasteiger partial charge in [0.2, 0.25) is 5.78 Å². The minimum Gasteiger partial charge on any atom is -0.370 e. The van der Waals surface area contributed by atoms with Gasteiger partial charge < -0.3 is 4.74 Å². The lowest BCUT2D eigenvalue weighted by molar-refractivity contribution is 0.0631. The van der Waals surface area contributed by atoms with Gasteiger partial charge in [-0.15, -0.1) is 0 Å². The molecule has 1 aliphatic heterocycles. The van der Waals surface area contributed by atoms with Crippen LogP contribution in [-0.2, 0) is 11.3 Å². The number of rotatable bonds is 3. The smallest absolute Gasteiger partial charge is 0.210 e. The van der Waals surface area contributed by atoms with Gasteiger partial charge in [-0.1, -0.05) is 0 Å². The van der Waals surface area contributed by atoms with Crippen molar-refractivity contribution in [1.82, 2.24) is 9.78 Å². The van der Waals surface area contributed by atoms with Crippen LogP contribution < -0.4 is 0 Å². The number of halogens is 1. The fourth-order valence-electron chi connectivity index (χ4n) is 1.78. The van der Waals surface area contributed by atoms with Crippen molar-refractivity contribution in [2.24, 2.45) is 0 Å². The summed E-state index contributed by atoms with van der Waals surface area (Å²) < 4.78 is 7.84. The molecule has 82 valence electrons. The predicted molar refractivity (Wildman–Crippen MR) is 58.9 cm³/mol. The molecule has 0 aromatic carbocycles. The summed E-state index contributed by atoms with van der Waals surface area (Å²) in [4.78, 5) is 12.1. The van der Waals surface area contributed by atoms with Crippen LogP contribution in [0.1, 0.15) is 30.3 Å². The first-order valence-electron chi connectivity index (χ1n) is 5.11. The molecule has 1 unspecified atom stereocenters. The highest BCUT2D eigenvalue weighted by molar-refractivity contribution is 9.10. The molecule has 1 saturated heterocycles.